The van der Waals surface area contributed by atoms with Gasteiger partial charge in [-0.1, -0.05) is 30.3 Å². The Kier molecular flexibility index (Phi) is 7.84. The van der Waals surface area contributed by atoms with E-state index in [2.05, 4.69) is 9.71 Å². The lowest BCUT2D eigenvalue weighted by Gasteiger charge is -2.17. The summed E-state index contributed by atoms with van der Waals surface area (Å²) in [5, 5.41) is 0. The van der Waals surface area contributed by atoms with Crippen molar-refractivity contribution in [2.24, 2.45) is 0 Å². The lowest BCUT2D eigenvalue weighted by Crippen LogP contribution is -2.34. The molecule has 166 valence electrons. The lowest BCUT2D eigenvalue weighted by molar-refractivity contribution is 0.0669. The van der Waals surface area contributed by atoms with Gasteiger partial charge in [0.05, 0.1) is 12.4 Å². The molecule has 0 aliphatic rings. The van der Waals surface area contributed by atoms with Crippen molar-refractivity contribution in [3.05, 3.63) is 71.6 Å². The van der Waals surface area contributed by atoms with E-state index in [1.807, 2.05) is 68.4 Å². The number of rotatable bonds is 11. The molecule has 0 radical (unpaired) electrons. The third-order valence-electron chi connectivity index (χ3n) is 4.65. The Hall–Kier alpha value is -2.68. The quantitative estimate of drug-likeness (QED) is 0.485. The van der Waals surface area contributed by atoms with E-state index in [1.54, 1.807) is 0 Å². The second-order valence-electron chi connectivity index (χ2n) is 7.22. The fourth-order valence-electron chi connectivity index (χ4n) is 3.07. The smallest absolute Gasteiger partial charge is 0.226 e. The molecule has 1 aromatic heterocycles. The van der Waals surface area contributed by atoms with Crippen LogP contribution >= 0.6 is 0 Å². The number of hydrogen-bond acceptors (Lipinski definition) is 6. The Morgan fingerprint density at radius 1 is 1.10 bits per heavy atom. The topological polar surface area (TPSA) is 90.7 Å². The van der Waals surface area contributed by atoms with Crippen LogP contribution in [0.5, 0.6) is 5.75 Å². The summed E-state index contributed by atoms with van der Waals surface area (Å²) in [7, 11) is -3.25. The summed E-state index contributed by atoms with van der Waals surface area (Å²) in [5.41, 5.74) is 2.71. The van der Waals surface area contributed by atoms with E-state index in [1.165, 1.54) is 0 Å². The Morgan fingerprint density at radius 3 is 2.45 bits per heavy atom. The van der Waals surface area contributed by atoms with Gasteiger partial charge < -0.3 is 13.9 Å². The van der Waals surface area contributed by atoms with Gasteiger partial charge in [-0.25, -0.2) is 18.1 Å². The first-order valence-electron chi connectivity index (χ1n) is 10.1. The average molecular weight is 445 g/mol. The molecule has 1 heterocycles. The number of aryl methyl sites for hydroxylation is 1. The highest BCUT2D eigenvalue weighted by atomic mass is 32.2. The first kappa shape index (κ1) is 23.0. The molecule has 1 atom stereocenters. The van der Waals surface area contributed by atoms with Gasteiger partial charge >= 0.3 is 0 Å². The molecule has 7 nitrogen and oxygen atoms in total. The molecule has 3 rings (SSSR count). The maximum absolute atomic E-state index is 11.3. The molecule has 0 amide bonds. The molecule has 0 unspecified atom stereocenters. The van der Waals surface area contributed by atoms with Gasteiger partial charge in [-0.05, 0) is 50.1 Å². The van der Waals surface area contributed by atoms with Crippen LogP contribution in [0.1, 0.15) is 23.9 Å². The highest BCUT2D eigenvalue weighted by molar-refractivity contribution is 7.88. The highest BCUT2D eigenvalue weighted by Crippen LogP contribution is 2.23. The number of benzene rings is 2. The van der Waals surface area contributed by atoms with E-state index >= 15 is 0 Å². The third-order valence-corrected chi connectivity index (χ3v) is 5.34. The maximum atomic E-state index is 11.3. The molecule has 0 bridgehead atoms. The van der Waals surface area contributed by atoms with Crippen LogP contribution in [0.2, 0.25) is 0 Å². The van der Waals surface area contributed by atoms with Crippen LogP contribution in [-0.4, -0.2) is 38.9 Å². The van der Waals surface area contributed by atoms with Crippen LogP contribution in [0.3, 0.4) is 0 Å². The number of ether oxygens (including phenoxy) is 2. The van der Waals surface area contributed by atoms with Crippen LogP contribution in [0, 0.1) is 6.92 Å². The van der Waals surface area contributed by atoms with Crippen molar-refractivity contribution in [2.45, 2.75) is 33.0 Å². The van der Waals surface area contributed by atoms with Gasteiger partial charge in [0, 0.05) is 18.7 Å². The SMILES string of the molecule is CCO[C@H](CNS(C)(=O)=O)Cc1ccc(OCc2nc(-c3ccccc3)oc2C)cc1. The van der Waals surface area contributed by atoms with E-state index in [9.17, 15) is 8.42 Å². The second-order valence-corrected chi connectivity index (χ2v) is 9.06. The largest absolute Gasteiger partial charge is 0.487 e. The Morgan fingerprint density at radius 2 is 1.81 bits per heavy atom. The van der Waals surface area contributed by atoms with Gasteiger partial charge in [0.1, 0.15) is 23.8 Å². The molecule has 0 aliphatic heterocycles. The van der Waals surface area contributed by atoms with Gasteiger partial charge in [-0.3, -0.25) is 0 Å². The van der Waals surface area contributed by atoms with Crippen molar-refractivity contribution in [1.29, 1.82) is 0 Å². The third kappa shape index (κ3) is 7.20. The van der Waals surface area contributed by atoms with Crippen LogP contribution in [-0.2, 0) is 27.8 Å². The molecule has 1 N–H and O–H groups in total. The summed E-state index contributed by atoms with van der Waals surface area (Å²) in [6, 6.07) is 17.4. The molecule has 8 heteroatoms. The zero-order chi connectivity index (χ0) is 22.3. The van der Waals surface area contributed by atoms with Crippen molar-refractivity contribution >= 4 is 10.0 Å². The maximum Gasteiger partial charge on any atom is 0.226 e. The zero-order valence-electron chi connectivity index (χ0n) is 18.0. The van der Waals surface area contributed by atoms with Gasteiger partial charge in [0.2, 0.25) is 15.9 Å². The fraction of sp³-hybridized carbons (Fsp3) is 0.348. The molecular formula is C23H28N2O5S. The summed E-state index contributed by atoms with van der Waals surface area (Å²) in [6.45, 7) is 4.82. The summed E-state index contributed by atoms with van der Waals surface area (Å²) in [4.78, 5) is 4.55. The van der Waals surface area contributed by atoms with Crippen molar-refractivity contribution in [2.75, 3.05) is 19.4 Å². The molecule has 31 heavy (non-hydrogen) atoms. The van der Waals surface area contributed by atoms with E-state index in [0.29, 0.717) is 25.5 Å². The highest BCUT2D eigenvalue weighted by Gasteiger charge is 2.14. The van der Waals surface area contributed by atoms with E-state index in [0.717, 1.165) is 34.6 Å². The number of nitrogens with zero attached hydrogens (tertiary/aromatic N) is 1. The Balaban J connectivity index is 1.57. The van der Waals surface area contributed by atoms with E-state index < -0.39 is 10.0 Å². The number of sulfonamides is 1. The predicted molar refractivity (Wildman–Crippen MR) is 119 cm³/mol. The Labute approximate surface area is 183 Å². The summed E-state index contributed by atoms with van der Waals surface area (Å²) in [6.07, 6.45) is 1.50. The van der Waals surface area contributed by atoms with Crippen LogP contribution < -0.4 is 9.46 Å². The molecule has 3 aromatic rings. The first-order valence-corrected chi connectivity index (χ1v) is 12.0. The van der Waals surface area contributed by atoms with Crippen molar-refractivity contribution < 1.29 is 22.3 Å². The molecule has 0 saturated carbocycles. The lowest BCUT2D eigenvalue weighted by atomic mass is 10.1. The molecule has 0 saturated heterocycles. The molecule has 0 spiro atoms. The minimum atomic E-state index is -3.25. The molecule has 2 aromatic carbocycles. The average Bonchev–Trinajstić information content (AvgIpc) is 3.12. The zero-order valence-corrected chi connectivity index (χ0v) is 18.8. The number of hydrogen-bond donors (Lipinski definition) is 1. The van der Waals surface area contributed by atoms with Crippen LogP contribution in [0.25, 0.3) is 11.5 Å². The van der Waals surface area contributed by atoms with E-state index in [-0.39, 0.29) is 12.6 Å². The molecule has 0 aliphatic carbocycles. The van der Waals surface area contributed by atoms with Crippen LogP contribution in [0.15, 0.2) is 59.0 Å². The minimum absolute atomic E-state index is 0.235. The van der Waals surface area contributed by atoms with Crippen LogP contribution in [0.4, 0.5) is 0 Å². The first-order chi connectivity index (χ1) is 14.8. The number of aromatic nitrogens is 1. The summed E-state index contributed by atoms with van der Waals surface area (Å²) in [5.74, 6) is 2.03. The van der Waals surface area contributed by atoms with Gasteiger partial charge in [0.15, 0.2) is 0 Å². The standard InChI is InChI=1S/C23H28N2O5S/c1-4-28-21(15-24-31(3,26)27)14-18-10-12-20(13-11-18)29-16-22-17(2)30-23(25-22)19-8-6-5-7-9-19/h5-13,21,24H,4,14-16H2,1-3H3/t21-/m0/s1. The number of nitrogens with one attached hydrogen (secondary N) is 1. The van der Waals surface area contributed by atoms with Gasteiger partial charge in [0.25, 0.3) is 0 Å². The van der Waals surface area contributed by atoms with Crippen molar-refractivity contribution in [3.8, 4) is 17.2 Å². The normalized spacial score (nSPS) is 12.6. The van der Waals surface area contributed by atoms with Gasteiger partial charge in [-0.15, -0.1) is 0 Å². The van der Waals surface area contributed by atoms with E-state index in [4.69, 9.17) is 13.9 Å². The monoisotopic (exact) mass is 444 g/mol. The molecular weight excluding hydrogens is 416 g/mol. The Bertz CT molecular complexity index is 1060. The van der Waals surface area contributed by atoms with Crippen molar-refractivity contribution in [1.82, 2.24) is 9.71 Å². The van der Waals surface area contributed by atoms with Gasteiger partial charge in [-0.2, -0.15) is 0 Å². The van der Waals surface area contributed by atoms with Crippen molar-refractivity contribution in [3.63, 3.8) is 0 Å². The summed E-state index contributed by atoms with van der Waals surface area (Å²) >= 11 is 0. The number of oxazole rings is 1. The summed E-state index contributed by atoms with van der Waals surface area (Å²) < 4.78 is 42.5. The predicted octanol–water partition coefficient (Wildman–Crippen LogP) is 3.73. The molecule has 0 fully saturated rings. The second kappa shape index (κ2) is 10.6. The fourth-order valence-corrected chi connectivity index (χ4v) is 3.56. The minimum Gasteiger partial charge on any atom is -0.487 e.